The number of rotatable bonds is 11. The molecule has 528 valence electrons. The van der Waals surface area contributed by atoms with E-state index in [4.69, 9.17) is 11.6 Å². The predicted octanol–water partition coefficient (Wildman–Crippen LogP) is 5.34. The second-order valence-corrected chi connectivity index (χ2v) is 26.6. The molecule has 1 saturated carbocycles. The molecule has 2 aliphatic heterocycles. The number of nitrogens with one attached hydrogen (secondary N) is 4. The lowest BCUT2D eigenvalue weighted by atomic mass is 9.92. The highest BCUT2D eigenvalue weighted by Gasteiger charge is 2.50. The largest absolute Gasteiger partial charge is 0.573 e. The molecule has 2 aromatic rings. The molecule has 1 unspecified atom stereocenters. The monoisotopic (exact) mass is 1370 g/mol. The Morgan fingerprint density at radius 2 is 1.28 bits per heavy atom. The number of aryl methyl sites for hydroxylation is 1. The fourth-order valence-corrected chi connectivity index (χ4v) is 12.7. The molecule has 2 heterocycles. The Morgan fingerprint density at radius 1 is 0.663 bits per heavy atom. The van der Waals surface area contributed by atoms with Crippen LogP contribution in [0.3, 0.4) is 0 Å². The smallest absolute Gasteiger partial charge is 0.406 e. The SMILES string of the molecule is CC[C@H](C)[C@@H]1NC(=O)[C@H](CC(C)C)N(C)C(=O)C[C@@H](C)NC(=O)[C@H](C(C)C)N(C)C(=O)C2(CCCC2)NC(=O)C2CCCN2C(=O)[C@H](CCc2ccc(C(F)(F)F)c(Cl)c2)NC(=O)CN(C)C(=O)[C@H](Cc2cccc(OC(F)(F)F)c2)N(C)C(=O)CN(C)C(=O)CN(C)C1=O. The van der Waals surface area contributed by atoms with Gasteiger partial charge in [0.15, 0.2) is 0 Å². The first kappa shape index (κ1) is 78.0. The van der Waals surface area contributed by atoms with Crippen LogP contribution in [-0.2, 0) is 71.8 Å². The topological polar surface area (TPSA) is 268 Å². The number of nitrogens with zero attached hydrogens (tertiary/aromatic N) is 7. The molecule has 4 N–H and O–H groups in total. The summed E-state index contributed by atoms with van der Waals surface area (Å²) in [5.74, 6) is -10.2. The molecule has 95 heavy (non-hydrogen) atoms. The summed E-state index contributed by atoms with van der Waals surface area (Å²) in [4.78, 5) is 167. The molecule has 5 rings (SSSR count). The highest BCUT2D eigenvalue weighted by Crippen LogP contribution is 2.37. The van der Waals surface area contributed by atoms with E-state index in [9.17, 15) is 74.3 Å². The van der Waals surface area contributed by atoms with Crippen molar-refractivity contribution in [2.24, 2.45) is 17.8 Å². The van der Waals surface area contributed by atoms with Gasteiger partial charge in [-0.25, -0.2) is 0 Å². The third-order valence-electron chi connectivity index (χ3n) is 17.9. The Bertz CT molecular complexity index is 3130. The van der Waals surface area contributed by atoms with E-state index in [1.54, 1.807) is 34.6 Å². The Labute approximate surface area is 556 Å². The minimum absolute atomic E-state index is 0.0299. The zero-order valence-corrected chi connectivity index (χ0v) is 57.1. The summed E-state index contributed by atoms with van der Waals surface area (Å²) in [5.41, 5.74) is -2.41. The number of amides is 11. The van der Waals surface area contributed by atoms with Gasteiger partial charge in [-0.3, -0.25) is 52.7 Å². The van der Waals surface area contributed by atoms with Crippen LogP contribution in [0, 0.1) is 17.8 Å². The van der Waals surface area contributed by atoms with Crippen molar-refractivity contribution in [1.29, 1.82) is 0 Å². The summed E-state index contributed by atoms with van der Waals surface area (Å²) >= 11 is 6.08. The summed E-state index contributed by atoms with van der Waals surface area (Å²) in [6.07, 6.45) is -9.00. The van der Waals surface area contributed by atoms with Crippen molar-refractivity contribution in [2.45, 2.75) is 186 Å². The van der Waals surface area contributed by atoms with E-state index in [0.717, 1.165) is 49.9 Å². The van der Waals surface area contributed by atoms with E-state index in [-0.39, 0.29) is 75.0 Å². The van der Waals surface area contributed by atoms with Gasteiger partial charge in [0, 0.05) is 67.7 Å². The van der Waals surface area contributed by atoms with Gasteiger partial charge in [-0.1, -0.05) is 90.6 Å². The van der Waals surface area contributed by atoms with Gasteiger partial charge in [0.05, 0.1) is 30.2 Å². The Morgan fingerprint density at radius 3 is 1.87 bits per heavy atom. The number of ether oxygens (including phenoxy) is 1. The van der Waals surface area contributed by atoms with Crippen molar-refractivity contribution in [2.75, 3.05) is 68.5 Å². The number of fused-ring (bicyclic) bond motifs is 1. The van der Waals surface area contributed by atoms with E-state index >= 15 is 4.79 Å². The predicted molar refractivity (Wildman–Crippen MR) is 338 cm³/mol. The van der Waals surface area contributed by atoms with Gasteiger partial charge in [0.2, 0.25) is 65.0 Å². The van der Waals surface area contributed by atoms with Crippen molar-refractivity contribution >= 4 is 76.6 Å². The molecule has 1 aliphatic carbocycles. The van der Waals surface area contributed by atoms with Gasteiger partial charge in [0.1, 0.15) is 47.5 Å². The van der Waals surface area contributed by atoms with Gasteiger partial charge < -0.3 is 60.3 Å². The van der Waals surface area contributed by atoms with Crippen LogP contribution in [0.25, 0.3) is 0 Å². The highest BCUT2D eigenvalue weighted by molar-refractivity contribution is 6.31. The fraction of sp³-hybridized carbons (Fsp3) is 0.646. The number of halogens is 7. The zero-order chi connectivity index (χ0) is 71.4. The maximum Gasteiger partial charge on any atom is 0.573 e. The molecule has 30 heteroatoms. The maximum atomic E-state index is 15.0. The van der Waals surface area contributed by atoms with Crippen LogP contribution < -0.4 is 26.0 Å². The van der Waals surface area contributed by atoms with Crippen LogP contribution in [-0.4, -0.2) is 222 Å². The second-order valence-electron chi connectivity index (χ2n) is 26.2. The molecule has 2 saturated heterocycles. The van der Waals surface area contributed by atoms with Crippen LogP contribution in [0.15, 0.2) is 42.5 Å². The Balaban J connectivity index is 1.58. The second kappa shape index (κ2) is 33.3. The standard InChI is InChI=1S/C65H92ClF6N11O12/c1-14-39(6)54-61(93)79(10)35-52(86)77(8)36-53(87)81(12)49(33-42-19-17-20-43(31-42)95-65(70,71)72)60(92)78(9)34-50(84)74-46(25-23-41-22-24-44(45(66)32-41)64(67,68)69)59(91)83-28-18-21-47(83)57(89)76-63(26-15-16-27-63)62(94)82(13)55(38(4)5)58(90)73-40(7)30-51(85)80(11)48(29-37(2)3)56(88)75-54/h17,19-20,22,24,31-32,37-40,46-49,54-55H,14-16,18,21,23,25-30,33-36H2,1-13H3,(H,73,90)(H,74,84)(H,75,88)(H,76,89)/t39-,40+,46-,47?,48-,49-,54-,55-/m0/s1. The lowest BCUT2D eigenvalue weighted by Gasteiger charge is -2.39. The third kappa shape index (κ3) is 20.9. The molecule has 0 aromatic heterocycles. The summed E-state index contributed by atoms with van der Waals surface area (Å²) in [6, 6.07) is -1.23. The minimum atomic E-state index is -5.12. The maximum absolute atomic E-state index is 15.0. The summed E-state index contributed by atoms with van der Waals surface area (Å²) in [5, 5.41) is 10.6. The molecule has 0 radical (unpaired) electrons. The fourth-order valence-electron chi connectivity index (χ4n) is 12.4. The number of carbonyl (C=O) groups excluding carboxylic acids is 11. The van der Waals surface area contributed by atoms with Crippen molar-refractivity contribution in [3.05, 3.63) is 64.2 Å². The number of benzene rings is 2. The number of alkyl halides is 6. The number of hydrogen-bond acceptors (Lipinski definition) is 12. The van der Waals surface area contributed by atoms with Gasteiger partial charge >= 0.3 is 12.5 Å². The van der Waals surface area contributed by atoms with Crippen LogP contribution in [0.1, 0.15) is 129 Å². The molecular formula is C65H92ClF6N11O12. The van der Waals surface area contributed by atoms with E-state index in [1.165, 1.54) is 69.1 Å². The molecule has 0 bridgehead atoms. The first-order valence-corrected chi connectivity index (χ1v) is 32.3. The van der Waals surface area contributed by atoms with Crippen molar-refractivity contribution in [1.82, 2.24) is 55.6 Å². The van der Waals surface area contributed by atoms with Gasteiger partial charge in [-0.05, 0) is 105 Å². The summed E-state index contributed by atoms with van der Waals surface area (Å²) < 4.78 is 85.8. The van der Waals surface area contributed by atoms with Crippen molar-refractivity contribution < 1.29 is 83.8 Å². The molecule has 1 spiro atoms. The normalized spacial score (nSPS) is 24.5. The zero-order valence-electron chi connectivity index (χ0n) is 56.3. The van der Waals surface area contributed by atoms with Gasteiger partial charge in [-0.15, -0.1) is 13.2 Å². The van der Waals surface area contributed by atoms with Crippen molar-refractivity contribution in [3.63, 3.8) is 0 Å². The molecular weight excluding hydrogens is 1280 g/mol. The summed E-state index contributed by atoms with van der Waals surface area (Å²) in [6.45, 7) is 9.96. The number of likely N-dealkylation sites (N-methyl/N-ethyl adjacent to an activating group) is 6. The molecule has 8 atom stereocenters. The van der Waals surface area contributed by atoms with Gasteiger partial charge in [-0.2, -0.15) is 13.2 Å². The molecule has 3 fully saturated rings. The van der Waals surface area contributed by atoms with Crippen LogP contribution in [0.4, 0.5) is 26.3 Å². The molecule has 3 aliphatic rings. The quantitative estimate of drug-likeness (QED) is 0.208. The van der Waals surface area contributed by atoms with E-state index in [2.05, 4.69) is 26.0 Å². The molecule has 23 nitrogen and oxygen atoms in total. The van der Waals surface area contributed by atoms with E-state index in [1.807, 2.05) is 13.8 Å². The molecule has 11 amide bonds. The van der Waals surface area contributed by atoms with E-state index in [0.29, 0.717) is 19.3 Å². The van der Waals surface area contributed by atoms with E-state index < -0.39 is 180 Å². The Hall–Kier alpha value is -7.72. The van der Waals surface area contributed by atoms with Crippen LogP contribution in [0.2, 0.25) is 5.02 Å². The van der Waals surface area contributed by atoms with Crippen LogP contribution >= 0.6 is 11.6 Å². The number of hydrogen-bond donors (Lipinski definition) is 4. The third-order valence-corrected chi connectivity index (χ3v) is 18.2. The lowest BCUT2D eigenvalue weighted by Crippen LogP contribution is -2.64. The Kier molecular flexibility index (Phi) is 27.3. The highest BCUT2D eigenvalue weighted by atomic mass is 35.5. The van der Waals surface area contributed by atoms with Gasteiger partial charge in [0.25, 0.3) is 0 Å². The van der Waals surface area contributed by atoms with Crippen molar-refractivity contribution in [3.8, 4) is 5.75 Å². The minimum Gasteiger partial charge on any atom is -0.406 e. The van der Waals surface area contributed by atoms with Crippen LogP contribution in [0.5, 0.6) is 5.75 Å². The first-order valence-electron chi connectivity index (χ1n) is 32.0. The average molecular weight is 1370 g/mol. The molecule has 2 aromatic carbocycles. The first-order chi connectivity index (χ1) is 44.2. The average Bonchev–Trinajstić information content (AvgIpc) is 1.73. The summed E-state index contributed by atoms with van der Waals surface area (Å²) in [7, 11) is 7.76. The lowest BCUT2D eigenvalue weighted by molar-refractivity contribution is -0.274. The number of carbonyl (C=O) groups is 11.